The van der Waals surface area contributed by atoms with Gasteiger partial charge in [0.05, 0.1) is 0 Å². The third-order valence-corrected chi connectivity index (χ3v) is 3.72. The number of ether oxygens (including phenoxy) is 1. The Bertz CT molecular complexity index is 266. The lowest BCUT2D eigenvalue weighted by molar-refractivity contribution is 0.0485. The largest absolute Gasteiger partial charge is 0.444 e. The minimum Gasteiger partial charge on any atom is -0.444 e. The van der Waals surface area contributed by atoms with Crippen LogP contribution in [0.4, 0.5) is 4.79 Å². The first kappa shape index (κ1) is 11.7. The number of rotatable bonds is 1. The van der Waals surface area contributed by atoms with E-state index in [1.54, 1.807) is 0 Å². The van der Waals surface area contributed by atoms with Crippen LogP contribution in [0.5, 0.6) is 0 Å². The number of alkyl carbamates (subject to hydrolysis) is 1. The van der Waals surface area contributed by atoms with Crippen LogP contribution in [0.3, 0.4) is 0 Å². The number of nitrogens with one attached hydrogen (secondary N) is 1. The van der Waals surface area contributed by atoms with Crippen LogP contribution in [0, 0.1) is 5.41 Å². The maximum absolute atomic E-state index is 11.6. The standard InChI is InChI=1S/C13H23NO2/c1-12(2,3)16-11(15)14-10-4-6-13(7-5-10)8-9-13/h10H,4-9H2,1-3H3,(H,14,15). The average Bonchev–Trinajstić information content (AvgIpc) is 2.87. The van der Waals surface area contributed by atoms with Crippen LogP contribution in [0.1, 0.15) is 59.3 Å². The van der Waals surface area contributed by atoms with E-state index in [1.807, 2.05) is 20.8 Å². The van der Waals surface area contributed by atoms with Crippen molar-refractivity contribution in [2.24, 2.45) is 5.41 Å². The lowest BCUT2D eigenvalue weighted by atomic mass is 9.83. The molecule has 0 aromatic carbocycles. The minimum atomic E-state index is -0.392. The molecule has 1 amide bonds. The van der Waals surface area contributed by atoms with Gasteiger partial charge in [-0.05, 0) is 64.7 Å². The van der Waals surface area contributed by atoms with E-state index in [0.717, 1.165) is 12.8 Å². The summed E-state index contributed by atoms with van der Waals surface area (Å²) < 4.78 is 5.26. The highest BCUT2D eigenvalue weighted by Gasteiger charge is 2.44. The Morgan fingerprint density at radius 3 is 2.19 bits per heavy atom. The third kappa shape index (κ3) is 3.13. The zero-order chi connectivity index (χ0) is 11.8. The highest BCUT2D eigenvalue weighted by molar-refractivity contribution is 5.68. The zero-order valence-corrected chi connectivity index (χ0v) is 10.6. The summed E-state index contributed by atoms with van der Waals surface area (Å²) in [6.45, 7) is 5.69. The van der Waals surface area contributed by atoms with E-state index < -0.39 is 5.60 Å². The van der Waals surface area contributed by atoms with E-state index in [4.69, 9.17) is 4.74 Å². The Balaban J connectivity index is 1.72. The summed E-state index contributed by atoms with van der Waals surface area (Å²) in [5.74, 6) is 0. The molecule has 0 aromatic rings. The van der Waals surface area contributed by atoms with Gasteiger partial charge in [-0.15, -0.1) is 0 Å². The molecule has 1 spiro atoms. The van der Waals surface area contributed by atoms with Gasteiger partial charge in [0.25, 0.3) is 0 Å². The molecule has 2 aliphatic carbocycles. The van der Waals surface area contributed by atoms with E-state index >= 15 is 0 Å². The highest BCUT2D eigenvalue weighted by atomic mass is 16.6. The lowest BCUT2D eigenvalue weighted by Gasteiger charge is -2.30. The summed E-state index contributed by atoms with van der Waals surface area (Å²) in [5.41, 5.74) is 0.294. The van der Waals surface area contributed by atoms with Gasteiger partial charge in [-0.3, -0.25) is 0 Å². The normalized spacial score (nSPS) is 24.2. The van der Waals surface area contributed by atoms with Crippen molar-refractivity contribution < 1.29 is 9.53 Å². The SMILES string of the molecule is CC(C)(C)OC(=O)NC1CCC2(CC1)CC2. The van der Waals surface area contributed by atoms with E-state index in [9.17, 15) is 4.79 Å². The van der Waals surface area contributed by atoms with Gasteiger partial charge in [0.2, 0.25) is 0 Å². The molecule has 0 aromatic heterocycles. The van der Waals surface area contributed by atoms with Crippen molar-refractivity contribution in [3.8, 4) is 0 Å². The molecule has 3 nitrogen and oxygen atoms in total. The Hall–Kier alpha value is -0.730. The summed E-state index contributed by atoms with van der Waals surface area (Å²) in [5, 5.41) is 2.98. The van der Waals surface area contributed by atoms with Crippen LogP contribution in [-0.2, 0) is 4.74 Å². The monoisotopic (exact) mass is 225 g/mol. The second-order valence-corrected chi connectivity index (χ2v) is 6.42. The van der Waals surface area contributed by atoms with Crippen molar-refractivity contribution >= 4 is 6.09 Å². The van der Waals surface area contributed by atoms with E-state index in [2.05, 4.69) is 5.32 Å². The van der Waals surface area contributed by atoms with Gasteiger partial charge in [0.1, 0.15) is 5.60 Å². The molecule has 2 fully saturated rings. The molecule has 0 saturated heterocycles. The Morgan fingerprint density at radius 1 is 1.19 bits per heavy atom. The molecule has 2 saturated carbocycles. The summed E-state index contributed by atoms with van der Waals surface area (Å²) in [7, 11) is 0. The molecule has 0 atom stereocenters. The van der Waals surface area contributed by atoms with Gasteiger partial charge in [-0.2, -0.15) is 0 Å². The summed E-state index contributed by atoms with van der Waals surface area (Å²) in [6.07, 6.45) is 7.38. The highest BCUT2D eigenvalue weighted by Crippen LogP contribution is 2.56. The van der Waals surface area contributed by atoms with Crippen LogP contribution < -0.4 is 5.32 Å². The van der Waals surface area contributed by atoms with E-state index in [1.165, 1.54) is 25.7 Å². The fourth-order valence-electron chi connectivity index (χ4n) is 2.53. The van der Waals surface area contributed by atoms with E-state index in [0.29, 0.717) is 11.5 Å². The van der Waals surface area contributed by atoms with Gasteiger partial charge in [-0.1, -0.05) is 0 Å². The third-order valence-electron chi connectivity index (χ3n) is 3.72. The topological polar surface area (TPSA) is 38.3 Å². The van der Waals surface area contributed by atoms with Gasteiger partial charge >= 0.3 is 6.09 Å². The van der Waals surface area contributed by atoms with Crippen molar-refractivity contribution in [2.75, 3.05) is 0 Å². The molecule has 92 valence electrons. The molecule has 0 bridgehead atoms. The molecular weight excluding hydrogens is 202 g/mol. The second kappa shape index (κ2) is 3.94. The average molecular weight is 225 g/mol. The second-order valence-electron chi connectivity index (χ2n) is 6.42. The fraction of sp³-hybridized carbons (Fsp3) is 0.923. The summed E-state index contributed by atoms with van der Waals surface area (Å²) >= 11 is 0. The van der Waals surface area contributed by atoms with Gasteiger partial charge in [0.15, 0.2) is 0 Å². The molecule has 2 aliphatic rings. The molecule has 16 heavy (non-hydrogen) atoms. The molecule has 3 heteroatoms. The van der Waals surface area contributed by atoms with Crippen LogP contribution >= 0.6 is 0 Å². The Morgan fingerprint density at radius 2 is 1.75 bits per heavy atom. The predicted molar refractivity (Wildman–Crippen MR) is 63.3 cm³/mol. The van der Waals surface area contributed by atoms with Crippen molar-refractivity contribution in [2.45, 2.75) is 70.9 Å². The number of carbonyl (C=O) groups is 1. The van der Waals surface area contributed by atoms with Crippen LogP contribution in [0.25, 0.3) is 0 Å². The molecule has 0 heterocycles. The molecule has 0 unspecified atom stereocenters. The molecule has 2 rings (SSSR count). The van der Waals surface area contributed by atoms with Crippen molar-refractivity contribution in [3.05, 3.63) is 0 Å². The van der Waals surface area contributed by atoms with Crippen LogP contribution in [0.15, 0.2) is 0 Å². The Labute approximate surface area is 97.9 Å². The number of hydrogen-bond acceptors (Lipinski definition) is 2. The molecule has 0 radical (unpaired) electrons. The number of carbonyl (C=O) groups excluding carboxylic acids is 1. The lowest BCUT2D eigenvalue weighted by Crippen LogP contribution is -2.41. The quantitative estimate of drug-likeness (QED) is 0.744. The van der Waals surface area contributed by atoms with Crippen molar-refractivity contribution in [1.29, 1.82) is 0 Å². The molecule has 0 aliphatic heterocycles. The first-order chi connectivity index (χ1) is 7.39. The van der Waals surface area contributed by atoms with Gasteiger partial charge in [-0.25, -0.2) is 4.79 Å². The minimum absolute atomic E-state index is 0.260. The number of hydrogen-bond donors (Lipinski definition) is 1. The number of amides is 1. The predicted octanol–water partition coefficient (Wildman–Crippen LogP) is 3.23. The first-order valence-electron chi connectivity index (χ1n) is 6.38. The van der Waals surface area contributed by atoms with E-state index in [-0.39, 0.29) is 6.09 Å². The van der Waals surface area contributed by atoms with Crippen LogP contribution in [0.2, 0.25) is 0 Å². The maximum atomic E-state index is 11.6. The smallest absolute Gasteiger partial charge is 0.407 e. The van der Waals surface area contributed by atoms with Crippen LogP contribution in [-0.4, -0.2) is 17.7 Å². The summed E-state index contributed by atoms with van der Waals surface area (Å²) in [6, 6.07) is 0.334. The first-order valence-corrected chi connectivity index (χ1v) is 6.38. The van der Waals surface area contributed by atoms with Crippen molar-refractivity contribution in [3.63, 3.8) is 0 Å². The molecular formula is C13H23NO2. The molecule has 1 N–H and O–H groups in total. The van der Waals surface area contributed by atoms with Gasteiger partial charge in [0, 0.05) is 6.04 Å². The summed E-state index contributed by atoms with van der Waals surface area (Å²) in [4.78, 5) is 11.6. The fourth-order valence-corrected chi connectivity index (χ4v) is 2.53. The Kier molecular flexibility index (Phi) is 2.89. The zero-order valence-electron chi connectivity index (χ0n) is 10.6. The van der Waals surface area contributed by atoms with Gasteiger partial charge < -0.3 is 10.1 Å². The maximum Gasteiger partial charge on any atom is 0.407 e. The van der Waals surface area contributed by atoms with Crippen molar-refractivity contribution in [1.82, 2.24) is 5.32 Å².